The van der Waals surface area contributed by atoms with Crippen LogP contribution in [-0.2, 0) is 6.54 Å². The minimum Gasteiger partial charge on any atom is -0.497 e. The minimum absolute atomic E-state index is 0. The maximum atomic E-state index is 12.6. The number of piperidine rings is 1. The van der Waals surface area contributed by atoms with Crippen LogP contribution in [0.25, 0.3) is 0 Å². The Morgan fingerprint density at radius 1 is 1.00 bits per heavy atom. The molecule has 9 heteroatoms. The highest BCUT2D eigenvalue weighted by Gasteiger charge is 2.28. The largest absolute Gasteiger partial charge is 0.497 e. The number of methoxy groups -OCH3 is 1. The van der Waals surface area contributed by atoms with Gasteiger partial charge in [0.1, 0.15) is 23.9 Å². The third kappa shape index (κ3) is 7.53. The maximum Gasteiger partial charge on any atom is 0.253 e. The Balaban J connectivity index is 0.00000387. The summed E-state index contributed by atoms with van der Waals surface area (Å²) in [5.41, 5.74) is 1.88. The molecule has 40 heavy (non-hydrogen) atoms. The molecule has 0 spiro atoms. The van der Waals surface area contributed by atoms with Gasteiger partial charge in [-0.25, -0.2) is 4.98 Å². The Labute approximate surface area is 246 Å². The topological polar surface area (TPSA) is 70.2 Å². The van der Waals surface area contributed by atoms with Gasteiger partial charge in [0.15, 0.2) is 0 Å². The lowest BCUT2D eigenvalue weighted by Crippen LogP contribution is -2.53. The summed E-state index contributed by atoms with van der Waals surface area (Å²) in [6.45, 7) is 8.02. The Morgan fingerprint density at radius 3 is 2.40 bits per heavy atom. The van der Waals surface area contributed by atoms with Gasteiger partial charge in [0.05, 0.1) is 23.7 Å². The summed E-state index contributed by atoms with van der Waals surface area (Å²) in [5, 5.41) is 2.91. The highest BCUT2D eigenvalue weighted by atomic mass is 79.9. The van der Waals surface area contributed by atoms with Gasteiger partial charge >= 0.3 is 0 Å². The van der Waals surface area contributed by atoms with Crippen LogP contribution in [0.3, 0.4) is 0 Å². The average molecular weight is 611 g/mol. The lowest BCUT2D eigenvalue weighted by atomic mass is 10.0. The first kappa shape index (κ1) is 28.4. The van der Waals surface area contributed by atoms with Crippen LogP contribution >= 0.6 is 15.9 Å². The Kier molecular flexibility index (Phi) is 9.91. The molecular weight excluding hydrogens is 570 g/mol. The van der Waals surface area contributed by atoms with Crippen molar-refractivity contribution in [1.82, 2.24) is 20.1 Å². The SMILES string of the molecule is COc1ccc(CN2CCC(N3CCN(c4ncc(C(=O)NCCOc5ccccc5)cc4Br)CC3)CC2)cc1.[HH]. The van der Waals surface area contributed by atoms with Crippen molar-refractivity contribution in [3.05, 3.63) is 82.5 Å². The summed E-state index contributed by atoms with van der Waals surface area (Å²) in [7, 11) is 1.71. The van der Waals surface area contributed by atoms with E-state index < -0.39 is 0 Å². The summed E-state index contributed by atoms with van der Waals surface area (Å²) in [6, 6.07) is 20.5. The zero-order valence-corrected chi connectivity index (χ0v) is 24.7. The molecule has 2 aromatic carbocycles. The fourth-order valence-corrected chi connectivity index (χ4v) is 6.07. The van der Waals surface area contributed by atoms with Crippen LogP contribution < -0.4 is 19.7 Å². The minimum atomic E-state index is -0.153. The zero-order chi connectivity index (χ0) is 27.7. The van der Waals surface area contributed by atoms with Crippen molar-refractivity contribution in [2.24, 2.45) is 0 Å². The van der Waals surface area contributed by atoms with Gasteiger partial charge in [-0.05, 0) is 77.8 Å². The molecule has 1 amide bonds. The Hall–Kier alpha value is -3.14. The highest BCUT2D eigenvalue weighted by molar-refractivity contribution is 9.10. The highest BCUT2D eigenvalue weighted by Crippen LogP contribution is 2.27. The van der Waals surface area contributed by atoms with Crippen LogP contribution in [0.15, 0.2) is 71.3 Å². The number of nitrogens with zero attached hydrogens (tertiary/aromatic N) is 4. The summed E-state index contributed by atoms with van der Waals surface area (Å²) in [6.07, 6.45) is 4.08. The van der Waals surface area contributed by atoms with Crippen molar-refractivity contribution in [3.8, 4) is 11.5 Å². The van der Waals surface area contributed by atoms with Gasteiger partial charge in [0, 0.05) is 46.4 Å². The summed E-state index contributed by atoms with van der Waals surface area (Å²) in [5.74, 6) is 2.45. The number of amides is 1. The molecule has 0 saturated carbocycles. The third-order valence-corrected chi connectivity index (χ3v) is 8.32. The van der Waals surface area contributed by atoms with Crippen LogP contribution in [0.1, 0.15) is 30.2 Å². The second-order valence-corrected chi connectivity index (χ2v) is 11.2. The number of rotatable bonds is 10. The van der Waals surface area contributed by atoms with Gasteiger partial charge in [-0.15, -0.1) is 0 Å². The molecule has 2 saturated heterocycles. The fourth-order valence-electron chi connectivity index (χ4n) is 5.47. The predicted octanol–water partition coefficient (Wildman–Crippen LogP) is 4.69. The van der Waals surface area contributed by atoms with E-state index in [1.165, 1.54) is 18.4 Å². The second kappa shape index (κ2) is 14.0. The Bertz CT molecular complexity index is 1230. The number of pyridine rings is 1. The standard InChI is InChI=1S/C31H38BrN5O3.H2/c1-39-27-9-7-24(8-10-27)23-35-14-11-26(12-15-35)36-16-18-37(19-17-36)30-29(32)21-25(22-34-30)31(38)33-13-20-40-28-5-3-2-4-6-28;/h2-10,21-22,26H,11-20,23H2,1H3,(H,33,38);1H. The number of carbonyl (C=O) groups excluding carboxylic acids is 1. The normalized spacial score (nSPS) is 17.0. The molecule has 0 unspecified atom stereocenters. The molecule has 1 aromatic heterocycles. The van der Waals surface area contributed by atoms with E-state index in [4.69, 9.17) is 9.47 Å². The van der Waals surface area contributed by atoms with Gasteiger partial charge in [-0.3, -0.25) is 14.6 Å². The van der Waals surface area contributed by atoms with Gasteiger partial charge < -0.3 is 19.7 Å². The van der Waals surface area contributed by atoms with E-state index in [9.17, 15) is 4.79 Å². The lowest BCUT2D eigenvalue weighted by Gasteiger charge is -2.43. The number of piperazine rings is 1. The van der Waals surface area contributed by atoms with Crippen LogP contribution in [0.5, 0.6) is 11.5 Å². The number of ether oxygens (including phenoxy) is 2. The molecule has 0 aliphatic carbocycles. The zero-order valence-electron chi connectivity index (χ0n) is 23.1. The van der Waals surface area contributed by atoms with Crippen molar-refractivity contribution >= 4 is 27.7 Å². The number of likely N-dealkylation sites (tertiary alicyclic amines) is 1. The quantitative estimate of drug-likeness (QED) is 0.334. The number of carbonyl (C=O) groups is 1. The second-order valence-electron chi connectivity index (χ2n) is 10.3. The molecule has 2 fully saturated rings. The molecule has 2 aliphatic rings. The predicted molar refractivity (Wildman–Crippen MR) is 163 cm³/mol. The first-order valence-corrected chi connectivity index (χ1v) is 14.8. The summed E-state index contributed by atoms with van der Waals surface area (Å²) in [4.78, 5) is 24.8. The number of hydrogen-bond acceptors (Lipinski definition) is 7. The molecular formula is C31H40BrN5O3. The monoisotopic (exact) mass is 609 g/mol. The third-order valence-electron chi connectivity index (χ3n) is 7.74. The van der Waals surface area contributed by atoms with Crippen molar-refractivity contribution in [2.45, 2.75) is 25.4 Å². The van der Waals surface area contributed by atoms with Crippen LogP contribution in [-0.4, -0.2) is 86.3 Å². The number of para-hydroxylation sites is 1. The van der Waals surface area contributed by atoms with Gasteiger partial charge in [-0.1, -0.05) is 30.3 Å². The van der Waals surface area contributed by atoms with E-state index in [0.29, 0.717) is 24.8 Å². The lowest BCUT2D eigenvalue weighted by molar-refractivity contribution is 0.0946. The number of anilines is 1. The molecule has 214 valence electrons. The average Bonchev–Trinajstić information content (AvgIpc) is 3.00. The van der Waals surface area contributed by atoms with Crippen molar-refractivity contribution in [2.75, 3.05) is 64.4 Å². The van der Waals surface area contributed by atoms with E-state index in [1.807, 2.05) is 48.5 Å². The van der Waals surface area contributed by atoms with E-state index in [0.717, 1.165) is 67.6 Å². The molecule has 0 bridgehead atoms. The van der Waals surface area contributed by atoms with Crippen LogP contribution in [0.2, 0.25) is 0 Å². The number of aromatic nitrogens is 1. The van der Waals surface area contributed by atoms with E-state index in [-0.39, 0.29) is 7.33 Å². The number of hydrogen-bond donors (Lipinski definition) is 1. The Morgan fingerprint density at radius 2 is 1.73 bits per heavy atom. The van der Waals surface area contributed by atoms with Crippen LogP contribution in [0, 0.1) is 0 Å². The molecule has 5 rings (SSSR count). The molecule has 3 aromatic rings. The number of nitrogens with one attached hydrogen (secondary N) is 1. The number of halogens is 1. The summed E-state index contributed by atoms with van der Waals surface area (Å²) < 4.78 is 11.8. The van der Waals surface area contributed by atoms with Crippen molar-refractivity contribution in [3.63, 3.8) is 0 Å². The maximum absolute atomic E-state index is 12.6. The molecule has 0 atom stereocenters. The first-order chi connectivity index (χ1) is 19.6. The van der Waals surface area contributed by atoms with Gasteiger partial charge in [0.25, 0.3) is 5.91 Å². The van der Waals surface area contributed by atoms with Gasteiger partial charge in [-0.2, -0.15) is 0 Å². The molecule has 8 nitrogen and oxygen atoms in total. The van der Waals surface area contributed by atoms with E-state index in [1.54, 1.807) is 13.3 Å². The molecule has 0 radical (unpaired) electrons. The van der Waals surface area contributed by atoms with Crippen LogP contribution in [0.4, 0.5) is 5.82 Å². The van der Waals surface area contributed by atoms with E-state index in [2.05, 4.69) is 53.1 Å². The molecule has 1 N–H and O–H groups in total. The van der Waals surface area contributed by atoms with Crippen molar-refractivity contribution in [1.29, 1.82) is 0 Å². The van der Waals surface area contributed by atoms with Crippen molar-refractivity contribution < 1.29 is 15.7 Å². The number of benzene rings is 2. The summed E-state index contributed by atoms with van der Waals surface area (Å²) >= 11 is 3.66. The van der Waals surface area contributed by atoms with E-state index >= 15 is 0 Å². The molecule has 3 heterocycles. The van der Waals surface area contributed by atoms with Gasteiger partial charge in [0.2, 0.25) is 0 Å². The molecule has 2 aliphatic heterocycles. The smallest absolute Gasteiger partial charge is 0.253 e. The first-order valence-electron chi connectivity index (χ1n) is 14.0. The fraction of sp³-hybridized carbons (Fsp3) is 0.419.